The van der Waals surface area contributed by atoms with Crippen LogP contribution in [0.3, 0.4) is 0 Å². The van der Waals surface area contributed by atoms with E-state index in [0.717, 1.165) is 5.56 Å². The van der Waals surface area contributed by atoms with Gasteiger partial charge in [-0.15, -0.1) is 0 Å². The molecule has 0 bridgehead atoms. The molecule has 2 rings (SSSR count). The summed E-state index contributed by atoms with van der Waals surface area (Å²) >= 11 is 12.2. The van der Waals surface area contributed by atoms with E-state index in [9.17, 15) is 9.59 Å². The Hall–Kier alpha value is -1.26. The number of primary amides is 1. The van der Waals surface area contributed by atoms with E-state index in [2.05, 4.69) is 0 Å². The SMILES string of the molecule is CC1(C)Cc2cc(OCC(N)=O)c(Cl)c(Cl)c2C1=O. The van der Waals surface area contributed by atoms with E-state index in [4.69, 9.17) is 33.7 Å². The highest BCUT2D eigenvalue weighted by Gasteiger charge is 2.40. The summed E-state index contributed by atoms with van der Waals surface area (Å²) in [7, 11) is 0. The van der Waals surface area contributed by atoms with Crippen molar-refractivity contribution in [3.63, 3.8) is 0 Å². The summed E-state index contributed by atoms with van der Waals surface area (Å²) in [6.07, 6.45) is 0.561. The Morgan fingerprint density at radius 1 is 1.42 bits per heavy atom. The number of carbonyl (C=O) groups excluding carboxylic acids is 2. The lowest BCUT2D eigenvalue weighted by Gasteiger charge is -2.13. The largest absolute Gasteiger partial charge is 0.482 e. The fraction of sp³-hybridized carbons (Fsp3) is 0.385. The number of nitrogens with two attached hydrogens (primary N) is 1. The average molecular weight is 302 g/mol. The molecule has 1 aromatic rings. The van der Waals surface area contributed by atoms with Crippen molar-refractivity contribution < 1.29 is 14.3 Å². The molecule has 0 atom stereocenters. The zero-order chi connectivity index (χ0) is 14.4. The fourth-order valence-electron chi connectivity index (χ4n) is 2.19. The lowest BCUT2D eigenvalue weighted by molar-refractivity contribution is -0.119. The second kappa shape index (κ2) is 4.69. The summed E-state index contributed by atoms with van der Waals surface area (Å²) in [5.74, 6) is -0.366. The van der Waals surface area contributed by atoms with Crippen LogP contribution in [0.4, 0.5) is 0 Å². The molecule has 0 aromatic heterocycles. The molecule has 19 heavy (non-hydrogen) atoms. The summed E-state index contributed by atoms with van der Waals surface area (Å²) in [6.45, 7) is 3.42. The molecule has 0 unspecified atom stereocenters. The first kappa shape index (κ1) is 14.2. The van der Waals surface area contributed by atoms with Gasteiger partial charge in [0.2, 0.25) is 0 Å². The Morgan fingerprint density at radius 2 is 2.05 bits per heavy atom. The summed E-state index contributed by atoms with van der Waals surface area (Å²) in [4.78, 5) is 22.9. The first-order chi connectivity index (χ1) is 8.74. The van der Waals surface area contributed by atoms with Gasteiger partial charge >= 0.3 is 0 Å². The van der Waals surface area contributed by atoms with Gasteiger partial charge in [-0.3, -0.25) is 9.59 Å². The number of halogens is 2. The number of ether oxygens (including phenoxy) is 1. The topological polar surface area (TPSA) is 69.4 Å². The van der Waals surface area contributed by atoms with Gasteiger partial charge in [0.25, 0.3) is 5.91 Å². The first-order valence-electron chi connectivity index (χ1n) is 5.71. The van der Waals surface area contributed by atoms with Crippen LogP contribution in [0.1, 0.15) is 29.8 Å². The Labute approximate surface area is 120 Å². The van der Waals surface area contributed by atoms with Crippen molar-refractivity contribution in [2.75, 3.05) is 6.61 Å². The van der Waals surface area contributed by atoms with Crippen molar-refractivity contribution in [2.45, 2.75) is 20.3 Å². The number of ketones is 1. The molecule has 6 heteroatoms. The molecule has 0 saturated heterocycles. The van der Waals surface area contributed by atoms with Gasteiger partial charge in [0.1, 0.15) is 10.8 Å². The minimum atomic E-state index is -0.607. The van der Waals surface area contributed by atoms with Crippen molar-refractivity contribution in [2.24, 2.45) is 11.1 Å². The second-order valence-electron chi connectivity index (χ2n) is 5.18. The van der Waals surface area contributed by atoms with Crippen LogP contribution in [-0.2, 0) is 11.2 Å². The number of benzene rings is 1. The number of Topliss-reactive ketones (excluding diaryl/α,β-unsaturated/α-hetero) is 1. The highest BCUT2D eigenvalue weighted by Crippen LogP contribution is 2.45. The van der Waals surface area contributed by atoms with E-state index in [1.807, 2.05) is 13.8 Å². The number of carbonyl (C=O) groups is 2. The second-order valence-corrected chi connectivity index (χ2v) is 5.94. The maximum absolute atomic E-state index is 12.2. The Balaban J connectivity index is 2.46. The van der Waals surface area contributed by atoms with Crippen LogP contribution in [0.15, 0.2) is 6.07 Å². The predicted octanol–water partition coefficient (Wildman–Crippen LogP) is 2.62. The first-order valence-corrected chi connectivity index (χ1v) is 6.46. The van der Waals surface area contributed by atoms with Crippen molar-refractivity contribution in [3.05, 3.63) is 27.2 Å². The third-order valence-electron chi connectivity index (χ3n) is 3.10. The van der Waals surface area contributed by atoms with E-state index >= 15 is 0 Å². The molecule has 4 nitrogen and oxygen atoms in total. The Morgan fingerprint density at radius 3 is 2.63 bits per heavy atom. The van der Waals surface area contributed by atoms with Crippen LogP contribution in [0.25, 0.3) is 0 Å². The molecule has 1 amide bonds. The zero-order valence-corrected chi connectivity index (χ0v) is 12.1. The predicted molar refractivity (Wildman–Crippen MR) is 73.0 cm³/mol. The molecule has 0 aliphatic heterocycles. The summed E-state index contributed by atoms with van der Waals surface area (Å²) in [5, 5.41) is 0.307. The van der Waals surface area contributed by atoms with Crippen molar-refractivity contribution in [3.8, 4) is 5.75 Å². The average Bonchev–Trinajstić information content (AvgIpc) is 2.53. The van der Waals surface area contributed by atoms with E-state index in [0.29, 0.717) is 12.0 Å². The molecule has 0 heterocycles. The normalized spacial score (nSPS) is 16.3. The Bertz CT molecular complexity index is 582. The number of rotatable bonds is 3. The highest BCUT2D eigenvalue weighted by molar-refractivity contribution is 6.45. The molecule has 1 aliphatic rings. The number of hydrogen-bond donors (Lipinski definition) is 1. The van der Waals surface area contributed by atoms with Gasteiger partial charge in [0, 0.05) is 11.0 Å². The van der Waals surface area contributed by atoms with Crippen LogP contribution >= 0.6 is 23.2 Å². The third kappa shape index (κ3) is 2.42. The van der Waals surface area contributed by atoms with E-state index in [1.165, 1.54) is 0 Å². The number of amides is 1. The van der Waals surface area contributed by atoms with Gasteiger partial charge in [0.15, 0.2) is 12.4 Å². The minimum Gasteiger partial charge on any atom is -0.482 e. The van der Waals surface area contributed by atoms with Crippen molar-refractivity contribution >= 4 is 34.9 Å². The van der Waals surface area contributed by atoms with Crippen molar-refractivity contribution in [1.29, 1.82) is 0 Å². The third-order valence-corrected chi connectivity index (χ3v) is 3.95. The molecule has 1 aliphatic carbocycles. The van der Waals surface area contributed by atoms with Gasteiger partial charge in [-0.05, 0) is 18.1 Å². The maximum Gasteiger partial charge on any atom is 0.255 e. The number of hydrogen-bond acceptors (Lipinski definition) is 3. The summed E-state index contributed by atoms with van der Waals surface area (Å²) in [5.41, 5.74) is 5.74. The molecule has 102 valence electrons. The zero-order valence-electron chi connectivity index (χ0n) is 10.5. The monoisotopic (exact) mass is 301 g/mol. The van der Waals surface area contributed by atoms with Crippen LogP contribution in [-0.4, -0.2) is 18.3 Å². The van der Waals surface area contributed by atoms with Crippen LogP contribution in [0, 0.1) is 5.41 Å². The summed E-state index contributed by atoms with van der Waals surface area (Å²) < 4.78 is 5.21. The molecule has 0 fully saturated rings. The van der Waals surface area contributed by atoms with Gasteiger partial charge < -0.3 is 10.5 Å². The molecule has 0 spiro atoms. The van der Waals surface area contributed by atoms with E-state index in [-0.39, 0.29) is 28.2 Å². The van der Waals surface area contributed by atoms with Gasteiger partial charge in [-0.2, -0.15) is 0 Å². The van der Waals surface area contributed by atoms with Gasteiger partial charge in [-0.25, -0.2) is 0 Å². The molecule has 1 aromatic carbocycles. The molecular formula is C13H13Cl2NO3. The van der Waals surface area contributed by atoms with Gasteiger partial charge in [0.05, 0.1) is 5.02 Å². The molecular weight excluding hydrogens is 289 g/mol. The molecule has 0 radical (unpaired) electrons. The van der Waals surface area contributed by atoms with E-state index < -0.39 is 11.3 Å². The smallest absolute Gasteiger partial charge is 0.255 e. The molecule has 0 saturated carbocycles. The summed E-state index contributed by atoms with van der Waals surface area (Å²) in [6, 6.07) is 1.65. The Kier molecular flexibility index (Phi) is 3.49. The van der Waals surface area contributed by atoms with Gasteiger partial charge in [-0.1, -0.05) is 37.0 Å². The number of fused-ring (bicyclic) bond motifs is 1. The minimum absolute atomic E-state index is 0.0316. The lowest BCUT2D eigenvalue weighted by Crippen LogP contribution is -2.20. The maximum atomic E-state index is 12.2. The van der Waals surface area contributed by atoms with Crippen molar-refractivity contribution in [1.82, 2.24) is 0 Å². The van der Waals surface area contributed by atoms with Crippen LogP contribution < -0.4 is 10.5 Å². The lowest BCUT2D eigenvalue weighted by atomic mass is 9.89. The fourth-order valence-corrected chi connectivity index (χ4v) is 2.69. The molecule has 2 N–H and O–H groups in total. The quantitative estimate of drug-likeness (QED) is 0.933. The standard InChI is InChI=1S/C13H13Cl2NO3/c1-13(2)4-6-3-7(19-5-8(16)17)10(14)11(15)9(6)12(13)18/h3H,4-5H2,1-2H3,(H2,16,17). The van der Waals surface area contributed by atoms with Crippen LogP contribution in [0.2, 0.25) is 10.0 Å². The van der Waals surface area contributed by atoms with Crippen LogP contribution in [0.5, 0.6) is 5.75 Å². The highest BCUT2D eigenvalue weighted by atomic mass is 35.5. The van der Waals surface area contributed by atoms with E-state index in [1.54, 1.807) is 6.07 Å².